The number of anilines is 3. The normalized spacial score (nSPS) is 14.7. The number of nitrogens with zero attached hydrogens (tertiary/aromatic N) is 1. The first-order valence-corrected chi connectivity index (χ1v) is 11.2. The summed E-state index contributed by atoms with van der Waals surface area (Å²) in [4.78, 5) is 25.9. The number of aromatic nitrogens is 1. The van der Waals surface area contributed by atoms with Crippen LogP contribution in [0.4, 0.5) is 39.2 Å². The lowest BCUT2D eigenvalue weighted by Gasteiger charge is -2.19. The van der Waals surface area contributed by atoms with Crippen molar-refractivity contribution >= 4 is 40.7 Å². The Morgan fingerprint density at radius 1 is 1.03 bits per heavy atom. The van der Waals surface area contributed by atoms with Crippen LogP contribution in [0.5, 0.6) is 0 Å². The van der Waals surface area contributed by atoms with Crippen LogP contribution in [0, 0.1) is 11.6 Å². The van der Waals surface area contributed by atoms with Gasteiger partial charge in [0.1, 0.15) is 11.6 Å². The summed E-state index contributed by atoms with van der Waals surface area (Å²) in [5.74, 6) is -3.40. The van der Waals surface area contributed by atoms with Gasteiger partial charge in [-0.05, 0) is 48.5 Å². The highest BCUT2D eigenvalue weighted by Gasteiger charge is 2.36. The van der Waals surface area contributed by atoms with E-state index >= 15 is 0 Å². The molecule has 1 unspecified atom stereocenters. The Kier molecular flexibility index (Phi) is 6.27. The molecule has 0 radical (unpaired) electrons. The Hall–Kier alpha value is -4.45. The predicted octanol–water partition coefficient (Wildman–Crippen LogP) is 6.45. The molecule has 194 valence electrons. The van der Waals surface area contributed by atoms with Gasteiger partial charge in [0.15, 0.2) is 0 Å². The molecule has 2 amide bonds. The number of carbonyl (C=O) groups excluding carboxylic acids is 2. The second-order valence-corrected chi connectivity index (χ2v) is 8.65. The van der Waals surface area contributed by atoms with E-state index in [0.29, 0.717) is 12.1 Å². The number of fused-ring (bicyclic) bond motifs is 1. The molecule has 13 heteroatoms. The fraction of sp³-hybridized carbons (Fsp3) is 0.0800. The molecule has 0 bridgehead atoms. The summed E-state index contributed by atoms with van der Waals surface area (Å²) < 4.78 is 72.6. The Morgan fingerprint density at radius 3 is 2.53 bits per heavy atom. The summed E-state index contributed by atoms with van der Waals surface area (Å²) in [5, 5.41) is 11.6. The van der Waals surface area contributed by atoms with E-state index in [4.69, 9.17) is 16.1 Å². The lowest BCUT2D eigenvalue weighted by atomic mass is 9.95. The highest BCUT2D eigenvalue weighted by molar-refractivity contribution is 6.31. The Morgan fingerprint density at radius 2 is 1.82 bits per heavy atom. The molecule has 1 atom stereocenters. The van der Waals surface area contributed by atoms with Crippen molar-refractivity contribution in [3.05, 3.63) is 105 Å². The van der Waals surface area contributed by atoms with Crippen molar-refractivity contribution in [3.8, 4) is 0 Å². The molecule has 0 saturated carbocycles. The standard InChI is InChI=1S/C25H14ClF5N4O3/c26-18-2-1-13(27)8-16(18)22-21-17(24(37)35-22)9-15(33-20-3-4-32-38-20)10-19(21)34-23(36)11-5-12(25(29,30)31)7-14(28)6-11/h1-10,22,33H,(H,34,36)(H,35,37). The van der Waals surface area contributed by atoms with Gasteiger partial charge in [-0.25, -0.2) is 8.78 Å². The number of halogens is 6. The summed E-state index contributed by atoms with van der Waals surface area (Å²) in [7, 11) is 0. The van der Waals surface area contributed by atoms with Crippen LogP contribution < -0.4 is 16.0 Å². The number of amides is 2. The molecule has 0 spiro atoms. The number of hydrogen-bond donors (Lipinski definition) is 3. The van der Waals surface area contributed by atoms with Crippen LogP contribution in [0.25, 0.3) is 0 Å². The summed E-state index contributed by atoms with van der Waals surface area (Å²) in [5.41, 5.74) is -1.34. The molecule has 1 aromatic heterocycles. The molecule has 3 aromatic carbocycles. The molecule has 4 aromatic rings. The van der Waals surface area contributed by atoms with E-state index in [2.05, 4.69) is 21.1 Å². The highest BCUT2D eigenvalue weighted by Crippen LogP contribution is 2.41. The van der Waals surface area contributed by atoms with Gasteiger partial charge in [0.2, 0.25) is 5.88 Å². The zero-order valence-electron chi connectivity index (χ0n) is 18.8. The first-order valence-electron chi connectivity index (χ1n) is 10.8. The summed E-state index contributed by atoms with van der Waals surface area (Å²) in [6.45, 7) is 0. The minimum atomic E-state index is -4.89. The Labute approximate surface area is 215 Å². The van der Waals surface area contributed by atoms with Gasteiger partial charge in [-0.3, -0.25) is 9.59 Å². The monoisotopic (exact) mass is 548 g/mol. The number of nitrogens with one attached hydrogen (secondary N) is 3. The molecule has 5 rings (SSSR count). The zero-order valence-corrected chi connectivity index (χ0v) is 19.5. The number of hydrogen-bond acceptors (Lipinski definition) is 5. The predicted molar refractivity (Wildman–Crippen MR) is 126 cm³/mol. The van der Waals surface area contributed by atoms with Gasteiger partial charge in [-0.1, -0.05) is 16.8 Å². The summed E-state index contributed by atoms with van der Waals surface area (Å²) >= 11 is 6.26. The van der Waals surface area contributed by atoms with E-state index < -0.39 is 46.8 Å². The SMILES string of the molecule is O=C(Nc1cc(Nc2ccno2)cc2c1C(c1cc(F)ccc1Cl)NC2=O)c1cc(F)cc(C(F)(F)F)c1. The van der Waals surface area contributed by atoms with Gasteiger partial charge in [-0.15, -0.1) is 0 Å². The van der Waals surface area contributed by atoms with E-state index in [0.717, 1.165) is 12.1 Å². The van der Waals surface area contributed by atoms with Gasteiger partial charge in [0.05, 0.1) is 17.8 Å². The van der Waals surface area contributed by atoms with Crippen molar-refractivity contribution in [1.82, 2.24) is 10.5 Å². The van der Waals surface area contributed by atoms with Crippen molar-refractivity contribution in [2.75, 3.05) is 10.6 Å². The number of alkyl halides is 3. The maximum Gasteiger partial charge on any atom is 0.416 e. The van der Waals surface area contributed by atoms with E-state index in [-0.39, 0.29) is 45.0 Å². The molecule has 0 fully saturated rings. The lowest BCUT2D eigenvalue weighted by molar-refractivity contribution is -0.137. The van der Waals surface area contributed by atoms with Crippen LogP contribution in [-0.2, 0) is 6.18 Å². The van der Waals surface area contributed by atoms with Gasteiger partial charge < -0.3 is 20.5 Å². The second kappa shape index (κ2) is 9.45. The summed E-state index contributed by atoms with van der Waals surface area (Å²) in [6.07, 6.45) is -3.54. The van der Waals surface area contributed by atoms with Gasteiger partial charge >= 0.3 is 6.18 Å². The maximum atomic E-state index is 14.1. The molecule has 38 heavy (non-hydrogen) atoms. The van der Waals surface area contributed by atoms with Crippen LogP contribution in [0.15, 0.2) is 65.3 Å². The third-order valence-corrected chi connectivity index (χ3v) is 6.04. The van der Waals surface area contributed by atoms with Crippen molar-refractivity contribution in [2.24, 2.45) is 0 Å². The molecular formula is C25H14ClF5N4O3. The van der Waals surface area contributed by atoms with Crippen molar-refractivity contribution in [3.63, 3.8) is 0 Å². The van der Waals surface area contributed by atoms with Crippen molar-refractivity contribution in [2.45, 2.75) is 12.2 Å². The zero-order chi connectivity index (χ0) is 27.2. The molecule has 3 N–H and O–H groups in total. The first kappa shape index (κ1) is 25.2. The van der Waals surface area contributed by atoms with Crippen LogP contribution >= 0.6 is 11.6 Å². The van der Waals surface area contributed by atoms with Crippen LogP contribution in [0.2, 0.25) is 5.02 Å². The quantitative estimate of drug-likeness (QED) is 0.249. The maximum absolute atomic E-state index is 14.1. The van der Waals surface area contributed by atoms with Gasteiger partial charge in [0, 0.05) is 44.7 Å². The fourth-order valence-electron chi connectivity index (χ4n) is 4.08. The molecule has 0 aliphatic carbocycles. The van der Waals surface area contributed by atoms with Gasteiger partial charge in [-0.2, -0.15) is 13.2 Å². The number of carbonyl (C=O) groups is 2. The van der Waals surface area contributed by atoms with E-state index in [1.54, 1.807) is 0 Å². The van der Waals surface area contributed by atoms with E-state index in [1.165, 1.54) is 30.5 Å². The summed E-state index contributed by atoms with van der Waals surface area (Å²) in [6, 6.07) is 8.20. The van der Waals surface area contributed by atoms with Gasteiger partial charge in [0.25, 0.3) is 11.8 Å². The molecular weight excluding hydrogens is 535 g/mol. The third-order valence-electron chi connectivity index (χ3n) is 5.70. The average Bonchev–Trinajstić information content (AvgIpc) is 3.47. The van der Waals surface area contributed by atoms with Crippen LogP contribution in [0.3, 0.4) is 0 Å². The molecule has 7 nitrogen and oxygen atoms in total. The second-order valence-electron chi connectivity index (χ2n) is 8.24. The smallest absolute Gasteiger partial charge is 0.341 e. The number of rotatable bonds is 5. The largest absolute Gasteiger partial charge is 0.416 e. The Balaban J connectivity index is 1.61. The fourth-order valence-corrected chi connectivity index (χ4v) is 4.31. The number of benzene rings is 3. The van der Waals surface area contributed by atoms with E-state index in [9.17, 15) is 31.5 Å². The highest BCUT2D eigenvalue weighted by atomic mass is 35.5. The molecule has 1 aliphatic heterocycles. The molecule has 2 heterocycles. The van der Waals surface area contributed by atoms with Crippen LogP contribution in [-0.4, -0.2) is 17.0 Å². The topological polar surface area (TPSA) is 96.3 Å². The third kappa shape index (κ3) is 4.90. The average molecular weight is 549 g/mol. The molecule has 0 saturated heterocycles. The van der Waals surface area contributed by atoms with Crippen LogP contribution in [0.1, 0.15) is 43.4 Å². The minimum Gasteiger partial charge on any atom is -0.341 e. The van der Waals surface area contributed by atoms with Crippen molar-refractivity contribution < 1.29 is 36.1 Å². The first-order chi connectivity index (χ1) is 18.0. The van der Waals surface area contributed by atoms with E-state index in [1.807, 2.05) is 0 Å². The Bertz CT molecular complexity index is 1570. The molecule has 1 aliphatic rings. The minimum absolute atomic E-state index is 0.0315. The lowest BCUT2D eigenvalue weighted by Crippen LogP contribution is -2.21. The van der Waals surface area contributed by atoms with Crippen molar-refractivity contribution in [1.29, 1.82) is 0 Å².